The fourth-order valence-corrected chi connectivity index (χ4v) is 6.16. The number of rotatable bonds is 4. The van der Waals surface area contributed by atoms with Crippen molar-refractivity contribution in [3.63, 3.8) is 0 Å². The predicted octanol–water partition coefficient (Wildman–Crippen LogP) is 4.25. The van der Waals surface area contributed by atoms with E-state index in [4.69, 9.17) is 4.74 Å². The summed E-state index contributed by atoms with van der Waals surface area (Å²) >= 11 is 0. The van der Waals surface area contributed by atoms with Crippen LogP contribution in [0.15, 0.2) is 54.6 Å². The highest BCUT2D eigenvalue weighted by molar-refractivity contribution is 5.94. The Kier molecular flexibility index (Phi) is 5.51. The first-order valence-electron chi connectivity index (χ1n) is 11.5. The van der Waals surface area contributed by atoms with Crippen LogP contribution < -0.4 is 4.74 Å². The molecule has 3 aliphatic rings. The van der Waals surface area contributed by atoms with Gasteiger partial charge < -0.3 is 9.64 Å². The van der Waals surface area contributed by atoms with Gasteiger partial charge in [0.15, 0.2) is 0 Å². The van der Waals surface area contributed by atoms with Crippen LogP contribution in [0.4, 0.5) is 0 Å². The quantitative estimate of drug-likeness (QED) is 0.764. The largest absolute Gasteiger partial charge is 0.497 e. The summed E-state index contributed by atoms with van der Waals surface area (Å²) in [5.41, 5.74) is 2.16. The summed E-state index contributed by atoms with van der Waals surface area (Å²) in [6.07, 6.45) is 6.20. The van der Waals surface area contributed by atoms with E-state index in [0.717, 1.165) is 30.8 Å². The van der Waals surface area contributed by atoms with Gasteiger partial charge in [-0.15, -0.1) is 0 Å². The van der Waals surface area contributed by atoms with E-state index in [1.54, 1.807) is 7.11 Å². The number of carbonyl (C=O) groups is 1. The van der Waals surface area contributed by atoms with Gasteiger partial charge in [-0.05, 0) is 73.9 Å². The van der Waals surface area contributed by atoms with Crippen LogP contribution in [0.25, 0.3) is 0 Å². The number of carbonyl (C=O) groups excluding carboxylic acids is 1. The molecule has 5 rings (SSSR count). The molecule has 3 aliphatic heterocycles. The molecular formula is C26H32N2O2. The molecule has 2 aromatic rings. The van der Waals surface area contributed by atoms with Crippen molar-refractivity contribution in [2.75, 3.05) is 26.7 Å². The fraction of sp³-hybridized carbons (Fsp3) is 0.500. The third kappa shape index (κ3) is 3.74. The highest BCUT2D eigenvalue weighted by Crippen LogP contribution is 2.42. The van der Waals surface area contributed by atoms with E-state index in [9.17, 15) is 4.79 Å². The standard InChI is InChI=1S/C26H32N2O2/c1-30-23-11-7-8-19(14-23)15-25-22-16-21(24-12-5-6-13-28(24)25)17-27(18-22)26(29)20-9-3-2-4-10-20/h2-4,7-11,14,21-22,24-25H,5-6,12-13,15-18H2,1H3/t21-,22+,24+,25+/m1/s1. The average Bonchev–Trinajstić information content (AvgIpc) is 2.82. The van der Waals surface area contributed by atoms with Gasteiger partial charge in [-0.3, -0.25) is 9.69 Å². The maximum absolute atomic E-state index is 13.2. The first-order valence-corrected chi connectivity index (χ1v) is 11.5. The zero-order chi connectivity index (χ0) is 20.5. The first-order chi connectivity index (χ1) is 14.7. The number of hydrogen-bond donors (Lipinski definition) is 0. The lowest BCUT2D eigenvalue weighted by atomic mass is 9.71. The highest BCUT2D eigenvalue weighted by atomic mass is 16.5. The maximum Gasteiger partial charge on any atom is 0.253 e. The van der Waals surface area contributed by atoms with Gasteiger partial charge in [0.1, 0.15) is 5.75 Å². The number of amides is 1. The lowest BCUT2D eigenvalue weighted by Gasteiger charge is -2.57. The molecule has 4 atom stereocenters. The summed E-state index contributed by atoms with van der Waals surface area (Å²) in [6.45, 7) is 3.00. The second kappa shape index (κ2) is 8.43. The monoisotopic (exact) mass is 404 g/mol. The van der Waals surface area contributed by atoms with Crippen molar-refractivity contribution in [1.29, 1.82) is 0 Å². The number of likely N-dealkylation sites (tertiary alicyclic amines) is 1. The molecule has 0 spiro atoms. The minimum absolute atomic E-state index is 0.203. The van der Waals surface area contributed by atoms with Crippen LogP contribution in [-0.2, 0) is 6.42 Å². The summed E-state index contributed by atoms with van der Waals surface area (Å²) in [5.74, 6) is 2.28. The van der Waals surface area contributed by atoms with Gasteiger partial charge in [-0.1, -0.05) is 36.8 Å². The van der Waals surface area contributed by atoms with Crippen molar-refractivity contribution in [2.24, 2.45) is 11.8 Å². The van der Waals surface area contributed by atoms with Crippen molar-refractivity contribution in [3.05, 3.63) is 65.7 Å². The van der Waals surface area contributed by atoms with Crippen molar-refractivity contribution < 1.29 is 9.53 Å². The number of fused-ring (bicyclic) bond motifs is 4. The third-order valence-electron chi connectivity index (χ3n) is 7.51. The normalized spacial score (nSPS) is 28.6. The van der Waals surface area contributed by atoms with Crippen LogP contribution in [0, 0.1) is 11.8 Å². The lowest BCUT2D eigenvalue weighted by Crippen LogP contribution is -2.64. The summed E-state index contributed by atoms with van der Waals surface area (Å²) < 4.78 is 5.46. The maximum atomic E-state index is 13.2. The van der Waals surface area contributed by atoms with Gasteiger partial charge in [0, 0.05) is 30.7 Å². The smallest absolute Gasteiger partial charge is 0.253 e. The Morgan fingerprint density at radius 1 is 1.03 bits per heavy atom. The van der Waals surface area contributed by atoms with Gasteiger partial charge in [0.05, 0.1) is 7.11 Å². The van der Waals surface area contributed by atoms with Crippen molar-refractivity contribution in [3.8, 4) is 5.75 Å². The molecule has 4 nitrogen and oxygen atoms in total. The summed E-state index contributed by atoms with van der Waals surface area (Å²) in [5, 5.41) is 0. The van der Waals surface area contributed by atoms with Gasteiger partial charge in [-0.2, -0.15) is 0 Å². The number of piperidine rings is 3. The molecule has 0 N–H and O–H groups in total. The Morgan fingerprint density at radius 3 is 2.70 bits per heavy atom. The van der Waals surface area contributed by atoms with Gasteiger partial charge in [0.25, 0.3) is 5.91 Å². The Morgan fingerprint density at radius 2 is 1.87 bits per heavy atom. The first kappa shape index (κ1) is 19.6. The minimum atomic E-state index is 0.203. The summed E-state index contributed by atoms with van der Waals surface area (Å²) in [7, 11) is 1.74. The molecule has 30 heavy (non-hydrogen) atoms. The van der Waals surface area contributed by atoms with Gasteiger partial charge in [-0.25, -0.2) is 0 Å². The Labute approximate surface area is 179 Å². The Hall–Kier alpha value is -2.33. The number of benzene rings is 2. The molecule has 4 heteroatoms. The number of methoxy groups -OCH3 is 1. The van der Waals surface area contributed by atoms with E-state index >= 15 is 0 Å². The average molecular weight is 405 g/mol. The second-order valence-electron chi connectivity index (χ2n) is 9.26. The Balaban J connectivity index is 1.41. The number of ether oxygens (including phenoxy) is 1. The van der Waals surface area contributed by atoms with Crippen molar-refractivity contribution >= 4 is 5.91 Å². The number of hydrogen-bond acceptors (Lipinski definition) is 3. The second-order valence-corrected chi connectivity index (χ2v) is 9.26. The van der Waals surface area contributed by atoms with Crippen LogP contribution in [0.5, 0.6) is 5.75 Å². The fourth-order valence-electron chi connectivity index (χ4n) is 6.16. The molecule has 3 saturated heterocycles. The van der Waals surface area contributed by atoms with Gasteiger partial charge in [0.2, 0.25) is 0 Å². The molecule has 2 aromatic carbocycles. The zero-order valence-corrected chi connectivity index (χ0v) is 17.9. The molecule has 3 heterocycles. The zero-order valence-electron chi connectivity index (χ0n) is 17.9. The van der Waals surface area contributed by atoms with Gasteiger partial charge >= 0.3 is 0 Å². The van der Waals surface area contributed by atoms with E-state index < -0.39 is 0 Å². The van der Waals surface area contributed by atoms with Crippen LogP contribution >= 0.6 is 0 Å². The van der Waals surface area contributed by atoms with Crippen molar-refractivity contribution in [2.45, 2.75) is 44.2 Å². The van der Waals surface area contributed by atoms with E-state index in [-0.39, 0.29) is 5.91 Å². The molecule has 0 saturated carbocycles. The van der Waals surface area contributed by atoms with E-state index in [1.165, 1.54) is 37.8 Å². The molecule has 158 valence electrons. The molecular weight excluding hydrogens is 372 g/mol. The molecule has 0 aromatic heterocycles. The summed E-state index contributed by atoms with van der Waals surface area (Å²) in [6, 6.07) is 19.5. The lowest BCUT2D eigenvalue weighted by molar-refractivity contribution is -0.0642. The number of nitrogens with zero attached hydrogens (tertiary/aromatic N) is 2. The topological polar surface area (TPSA) is 32.8 Å². The van der Waals surface area contributed by atoms with Crippen molar-refractivity contribution in [1.82, 2.24) is 9.80 Å². The molecule has 0 unspecified atom stereocenters. The van der Waals surface area contributed by atoms with Crippen LogP contribution in [0.2, 0.25) is 0 Å². The third-order valence-corrected chi connectivity index (χ3v) is 7.51. The Bertz CT molecular complexity index is 884. The SMILES string of the molecule is COc1cccc(C[C@H]2[C@H]3C[C@H](CN(C(=O)c4ccccc4)C3)[C@@H]3CCCCN32)c1. The predicted molar refractivity (Wildman–Crippen MR) is 119 cm³/mol. The molecule has 0 radical (unpaired) electrons. The van der Waals surface area contributed by atoms with E-state index in [1.807, 2.05) is 36.4 Å². The summed E-state index contributed by atoms with van der Waals surface area (Å²) in [4.78, 5) is 18.2. The molecule has 3 fully saturated rings. The van der Waals surface area contributed by atoms with Crippen LogP contribution in [0.3, 0.4) is 0 Å². The molecule has 0 aliphatic carbocycles. The highest BCUT2D eigenvalue weighted by Gasteiger charge is 2.47. The molecule has 2 bridgehead atoms. The van der Waals surface area contributed by atoms with Crippen LogP contribution in [-0.4, -0.2) is 54.5 Å². The van der Waals surface area contributed by atoms with Crippen LogP contribution in [0.1, 0.15) is 41.6 Å². The molecule has 1 amide bonds. The minimum Gasteiger partial charge on any atom is -0.497 e. The van der Waals surface area contributed by atoms with E-state index in [2.05, 4.69) is 28.0 Å². The van der Waals surface area contributed by atoms with E-state index in [0.29, 0.717) is 23.9 Å².